The molecule has 1 unspecified atom stereocenters. The van der Waals surface area contributed by atoms with E-state index in [0.717, 1.165) is 12.5 Å². The minimum absolute atomic E-state index is 0.0306. The second-order valence-electron chi connectivity index (χ2n) is 6.10. The Kier molecular flexibility index (Phi) is 6.74. The van der Waals surface area contributed by atoms with E-state index < -0.39 is 23.3 Å². The molecule has 0 saturated carbocycles. The van der Waals surface area contributed by atoms with Gasteiger partial charge in [0.2, 0.25) is 0 Å². The molecule has 2 N–H and O–H groups in total. The number of amides is 1. The summed E-state index contributed by atoms with van der Waals surface area (Å²) in [6, 6.07) is 3.46. The molecule has 1 aromatic carbocycles. The van der Waals surface area contributed by atoms with Crippen LogP contribution in [0.5, 0.6) is 0 Å². The van der Waals surface area contributed by atoms with Crippen LogP contribution >= 0.6 is 0 Å². The van der Waals surface area contributed by atoms with E-state index in [1.54, 1.807) is 20.8 Å². The first-order chi connectivity index (χ1) is 10.2. The minimum atomic E-state index is -0.597. The van der Waals surface area contributed by atoms with Gasteiger partial charge in [0.15, 0.2) is 0 Å². The first-order valence-electron chi connectivity index (χ1n) is 7.35. The van der Waals surface area contributed by atoms with Gasteiger partial charge in [0.05, 0.1) is 0 Å². The second-order valence-corrected chi connectivity index (χ2v) is 6.10. The van der Waals surface area contributed by atoms with Crippen LogP contribution in [-0.2, 0) is 11.3 Å². The van der Waals surface area contributed by atoms with E-state index >= 15 is 0 Å². The molecule has 22 heavy (non-hydrogen) atoms. The fourth-order valence-corrected chi connectivity index (χ4v) is 1.80. The predicted octanol–water partition coefficient (Wildman–Crippen LogP) is 3.36. The highest BCUT2D eigenvalue weighted by molar-refractivity contribution is 5.67. The van der Waals surface area contributed by atoms with Crippen molar-refractivity contribution in [3.8, 4) is 0 Å². The van der Waals surface area contributed by atoms with E-state index in [1.807, 2.05) is 6.92 Å². The van der Waals surface area contributed by atoms with Crippen LogP contribution in [0.4, 0.5) is 13.6 Å². The Labute approximate surface area is 130 Å². The molecule has 0 saturated heterocycles. The number of halogens is 2. The molecular formula is C16H24F2N2O2. The molecule has 0 spiro atoms. The van der Waals surface area contributed by atoms with Crippen molar-refractivity contribution >= 4 is 6.09 Å². The fourth-order valence-electron chi connectivity index (χ4n) is 1.80. The molecule has 0 radical (unpaired) electrons. The Bertz CT molecular complexity index is 501. The molecule has 0 aliphatic heterocycles. The van der Waals surface area contributed by atoms with E-state index in [1.165, 1.54) is 12.1 Å². The van der Waals surface area contributed by atoms with Crippen molar-refractivity contribution in [3.05, 3.63) is 35.4 Å². The summed E-state index contributed by atoms with van der Waals surface area (Å²) < 4.78 is 31.5. The second kappa shape index (κ2) is 8.08. The Morgan fingerprint density at radius 2 is 2.00 bits per heavy atom. The number of alkyl carbamates (subject to hydrolysis) is 1. The van der Waals surface area contributed by atoms with Crippen molar-refractivity contribution in [1.29, 1.82) is 0 Å². The summed E-state index contributed by atoms with van der Waals surface area (Å²) in [6.07, 6.45) is 0.263. The topological polar surface area (TPSA) is 50.4 Å². The van der Waals surface area contributed by atoms with Crippen LogP contribution in [0.3, 0.4) is 0 Å². The van der Waals surface area contributed by atoms with Crippen molar-refractivity contribution in [1.82, 2.24) is 10.6 Å². The number of rotatable bonds is 6. The third-order valence-electron chi connectivity index (χ3n) is 2.98. The number of benzene rings is 1. The lowest BCUT2D eigenvalue weighted by Gasteiger charge is -2.22. The average molecular weight is 314 g/mol. The summed E-state index contributed by atoms with van der Waals surface area (Å²) in [5.74, 6) is -1.18. The SMILES string of the molecule is CCC(CNC(=O)OC(C)(C)C)NCc1ccc(F)cc1F. The van der Waals surface area contributed by atoms with Gasteiger partial charge in [-0.2, -0.15) is 0 Å². The first kappa shape index (κ1) is 18.4. The Morgan fingerprint density at radius 1 is 1.32 bits per heavy atom. The normalized spacial score (nSPS) is 12.8. The first-order valence-corrected chi connectivity index (χ1v) is 7.35. The molecule has 0 aliphatic carbocycles. The average Bonchev–Trinajstić information content (AvgIpc) is 2.38. The maximum absolute atomic E-state index is 13.5. The quantitative estimate of drug-likeness (QED) is 0.846. The molecule has 0 heterocycles. The van der Waals surface area contributed by atoms with Gasteiger partial charge in [-0.05, 0) is 33.3 Å². The molecule has 1 atom stereocenters. The monoisotopic (exact) mass is 314 g/mol. The van der Waals surface area contributed by atoms with Gasteiger partial charge in [0.25, 0.3) is 0 Å². The smallest absolute Gasteiger partial charge is 0.407 e. The molecule has 1 rings (SSSR count). The molecule has 1 aromatic rings. The maximum atomic E-state index is 13.5. The summed E-state index contributed by atoms with van der Waals surface area (Å²) in [5, 5.41) is 5.80. The number of ether oxygens (including phenoxy) is 1. The summed E-state index contributed by atoms with van der Waals surface area (Å²) >= 11 is 0. The van der Waals surface area contributed by atoms with Crippen LogP contribution in [0.1, 0.15) is 39.7 Å². The molecule has 0 bridgehead atoms. The lowest BCUT2D eigenvalue weighted by Crippen LogP contribution is -2.42. The molecular weight excluding hydrogens is 290 g/mol. The third-order valence-corrected chi connectivity index (χ3v) is 2.98. The number of hydrogen-bond donors (Lipinski definition) is 2. The number of carbonyl (C=O) groups is 1. The van der Waals surface area contributed by atoms with E-state index in [0.29, 0.717) is 12.1 Å². The minimum Gasteiger partial charge on any atom is -0.444 e. The molecule has 6 heteroatoms. The largest absolute Gasteiger partial charge is 0.444 e. The Balaban J connectivity index is 2.43. The van der Waals surface area contributed by atoms with Gasteiger partial charge < -0.3 is 15.4 Å². The summed E-state index contributed by atoms with van der Waals surface area (Å²) in [5.41, 5.74) is -0.159. The van der Waals surface area contributed by atoms with Crippen molar-refractivity contribution in [3.63, 3.8) is 0 Å². The zero-order valence-corrected chi connectivity index (χ0v) is 13.5. The van der Waals surface area contributed by atoms with Gasteiger partial charge in [0, 0.05) is 30.8 Å². The van der Waals surface area contributed by atoms with Gasteiger partial charge in [-0.25, -0.2) is 13.6 Å². The highest BCUT2D eigenvalue weighted by Gasteiger charge is 2.17. The number of carbonyl (C=O) groups excluding carboxylic acids is 1. The highest BCUT2D eigenvalue weighted by Crippen LogP contribution is 2.10. The van der Waals surface area contributed by atoms with Crippen LogP contribution in [0, 0.1) is 11.6 Å². The Hall–Kier alpha value is -1.69. The van der Waals surface area contributed by atoms with Crippen molar-refractivity contribution in [2.24, 2.45) is 0 Å². The van der Waals surface area contributed by atoms with E-state index in [-0.39, 0.29) is 12.6 Å². The van der Waals surface area contributed by atoms with Crippen LogP contribution < -0.4 is 10.6 Å². The van der Waals surface area contributed by atoms with Gasteiger partial charge in [-0.3, -0.25) is 0 Å². The van der Waals surface area contributed by atoms with Crippen LogP contribution in [0.25, 0.3) is 0 Å². The zero-order chi connectivity index (χ0) is 16.8. The fraction of sp³-hybridized carbons (Fsp3) is 0.562. The molecule has 4 nitrogen and oxygen atoms in total. The summed E-state index contributed by atoms with van der Waals surface area (Å²) in [7, 11) is 0. The summed E-state index contributed by atoms with van der Waals surface area (Å²) in [6.45, 7) is 7.96. The van der Waals surface area contributed by atoms with Gasteiger partial charge >= 0.3 is 6.09 Å². The molecule has 0 fully saturated rings. The zero-order valence-electron chi connectivity index (χ0n) is 13.5. The number of hydrogen-bond acceptors (Lipinski definition) is 3. The lowest BCUT2D eigenvalue weighted by molar-refractivity contribution is 0.0522. The van der Waals surface area contributed by atoms with E-state index in [9.17, 15) is 13.6 Å². The van der Waals surface area contributed by atoms with E-state index in [4.69, 9.17) is 4.74 Å². The lowest BCUT2D eigenvalue weighted by atomic mass is 10.1. The van der Waals surface area contributed by atoms with Gasteiger partial charge in [-0.1, -0.05) is 13.0 Å². The van der Waals surface area contributed by atoms with Gasteiger partial charge in [-0.15, -0.1) is 0 Å². The van der Waals surface area contributed by atoms with Crippen LogP contribution in [-0.4, -0.2) is 24.3 Å². The summed E-state index contributed by atoms with van der Waals surface area (Å²) in [4.78, 5) is 11.6. The van der Waals surface area contributed by atoms with E-state index in [2.05, 4.69) is 10.6 Å². The molecule has 0 aromatic heterocycles. The maximum Gasteiger partial charge on any atom is 0.407 e. The van der Waals surface area contributed by atoms with Gasteiger partial charge in [0.1, 0.15) is 17.2 Å². The van der Waals surface area contributed by atoms with Crippen molar-refractivity contribution in [2.75, 3.05) is 6.54 Å². The predicted molar refractivity (Wildman–Crippen MR) is 81.5 cm³/mol. The third kappa shape index (κ3) is 6.85. The standard InChI is InChI=1S/C16H24F2N2O2/c1-5-13(10-20-15(21)22-16(2,3)4)19-9-11-6-7-12(17)8-14(11)18/h6-8,13,19H,5,9-10H2,1-4H3,(H,20,21). The highest BCUT2D eigenvalue weighted by atomic mass is 19.1. The van der Waals surface area contributed by atoms with Crippen LogP contribution in [0.15, 0.2) is 18.2 Å². The molecule has 0 aliphatic rings. The molecule has 124 valence electrons. The van der Waals surface area contributed by atoms with Crippen LogP contribution in [0.2, 0.25) is 0 Å². The number of nitrogens with one attached hydrogen (secondary N) is 2. The molecule has 1 amide bonds. The van der Waals surface area contributed by atoms with Crippen molar-refractivity contribution in [2.45, 2.75) is 52.3 Å². The van der Waals surface area contributed by atoms with Crippen molar-refractivity contribution < 1.29 is 18.3 Å². The Morgan fingerprint density at radius 3 is 2.55 bits per heavy atom.